The van der Waals surface area contributed by atoms with Gasteiger partial charge in [-0.2, -0.15) is 0 Å². The zero-order valence-corrected chi connectivity index (χ0v) is 8.43. The van der Waals surface area contributed by atoms with Crippen LogP contribution in [0.1, 0.15) is 5.56 Å². The number of ether oxygens (including phenoxy) is 1. The van der Waals surface area contributed by atoms with Gasteiger partial charge in [-0.3, -0.25) is 0 Å². The van der Waals surface area contributed by atoms with E-state index in [1.165, 1.54) is 18.3 Å². The van der Waals surface area contributed by atoms with Crippen LogP contribution in [0.25, 0.3) is 0 Å². The number of benzene rings is 1. The summed E-state index contributed by atoms with van der Waals surface area (Å²) in [6.45, 7) is -0.0623. The van der Waals surface area contributed by atoms with Gasteiger partial charge in [-0.1, -0.05) is 6.07 Å². The molecular weight excluding hydrogens is 209 g/mol. The molecule has 0 saturated heterocycles. The smallest absolute Gasteiger partial charge is 0.219 e. The number of hydrogen-bond acceptors (Lipinski definition) is 3. The summed E-state index contributed by atoms with van der Waals surface area (Å²) in [5.74, 6) is 0.400. The van der Waals surface area contributed by atoms with Crippen LogP contribution in [0.4, 0.5) is 4.39 Å². The van der Waals surface area contributed by atoms with Gasteiger partial charge in [0, 0.05) is 18.3 Å². The molecule has 0 saturated carbocycles. The van der Waals surface area contributed by atoms with E-state index in [2.05, 4.69) is 4.98 Å². The number of aliphatic hydroxyl groups is 1. The standard InChI is InChI=1S/C12H10FNO2/c13-10-2-1-3-11(6-10)16-12-5-4-9(8-15)7-14-12/h1-7,15H,8H2. The van der Waals surface area contributed by atoms with Gasteiger partial charge in [0.25, 0.3) is 0 Å². The van der Waals surface area contributed by atoms with Crippen LogP contribution in [0.3, 0.4) is 0 Å². The summed E-state index contributed by atoms with van der Waals surface area (Å²) in [6, 6.07) is 9.15. The zero-order valence-electron chi connectivity index (χ0n) is 8.43. The SMILES string of the molecule is OCc1ccc(Oc2cccc(F)c2)nc1. The normalized spacial score (nSPS) is 10.1. The fourth-order valence-electron chi connectivity index (χ4n) is 1.22. The second-order valence-electron chi connectivity index (χ2n) is 3.22. The van der Waals surface area contributed by atoms with Crippen LogP contribution < -0.4 is 4.74 Å². The summed E-state index contributed by atoms with van der Waals surface area (Å²) >= 11 is 0. The van der Waals surface area contributed by atoms with Crippen molar-refractivity contribution >= 4 is 0 Å². The third-order valence-electron chi connectivity index (χ3n) is 2.00. The molecule has 0 radical (unpaired) electrons. The van der Waals surface area contributed by atoms with E-state index in [1.54, 1.807) is 24.3 Å². The maximum Gasteiger partial charge on any atom is 0.219 e. The minimum atomic E-state index is -0.357. The highest BCUT2D eigenvalue weighted by Crippen LogP contribution is 2.19. The highest BCUT2D eigenvalue weighted by molar-refractivity contribution is 5.28. The lowest BCUT2D eigenvalue weighted by atomic mass is 10.3. The molecule has 0 amide bonds. The van der Waals surface area contributed by atoms with Crippen LogP contribution in [0.5, 0.6) is 11.6 Å². The molecule has 1 aromatic carbocycles. The minimum absolute atomic E-state index is 0.0623. The second-order valence-corrected chi connectivity index (χ2v) is 3.22. The number of pyridine rings is 1. The van der Waals surface area contributed by atoms with Gasteiger partial charge in [0.05, 0.1) is 6.61 Å². The maximum absolute atomic E-state index is 12.9. The molecule has 2 rings (SSSR count). The summed E-state index contributed by atoms with van der Waals surface area (Å²) in [5, 5.41) is 8.82. The first-order valence-electron chi connectivity index (χ1n) is 4.77. The highest BCUT2D eigenvalue weighted by atomic mass is 19.1. The Labute approximate surface area is 92.1 Å². The molecule has 1 aromatic heterocycles. The first kappa shape index (κ1) is 10.6. The number of aliphatic hydroxyl groups excluding tert-OH is 1. The van der Waals surface area contributed by atoms with Crippen LogP contribution in [0.2, 0.25) is 0 Å². The van der Waals surface area contributed by atoms with E-state index in [4.69, 9.17) is 9.84 Å². The average molecular weight is 219 g/mol. The van der Waals surface area contributed by atoms with Gasteiger partial charge >= 0.3 is 0 Å². The summed E-state index contributed by atoms with van der Waals surface area (Å²) in [5.41, 5.74) is 0.701. The van der Waals surface area contributed by atoms with Crippen LogP contribution in [-0.2, 0) is 6.61 Å². The van der Waals surface area contributed by atoms with Crippen molar-refractivity contribution in [3.05, 3.63) is 54.0 Å². The van der Waals surface area contributed by atoms with Gasteiger partial charge in [0.15, 0.2) is 0 Å². The van der Waals surface area contributed by atoms with Gasteiger partial charge in [-0.05, 0) is 23.8 Å². The van der Waals surface area contributed by atoms with E-state index in [9.17, 15) is 4.39 Å². The molecule has 0 atom stereocenters. The van der Waals surface area contributed by atoms with Crippen LogP contribution in [-0.4, -0.2) is 10.1 Å². The Morgan fingerprint density at radius 2 is 2.12 bits per heavy atom. The molecule has 0 spiro atoms. The molecule has 1 heterocycles. The van der Waals surface area contributed by atoms with E-state index in [-0.39, 0.29) is 12.4 Å². The monoisotopic (exact) mass is 219 g/mol. The molecule has 2 aromatic rings. The van der Waals surface area contributed by atoms with Crippen LogP contribution >= 0.6 is 0 Å². The third kappa shape index (κ3) is 2.55. The summed E-state index contributed by atoms with van der Waals surface area (Å²) in [6.07, 6.45) is 1.51. The highest BCUT2D eigenvalue weighted by Gasteiger charge is 2.00. The van der Waals surface area contributed by atoms with Crippen molar-refractivity contribution < 1.29 is 14.2 Å². The molecule has 0 aliphatic rings. The van der Waals surface area contributed by atoms with E-state index in [1.807, 2.05) is 0 Å². The number of halogens is 1. The lowest BCUT2D eigenvalue weighted by Crippen LogP contribution is -1.90. The number of aromatic nitrogens is 1. The molecule has 0 bridgehead atoms. The van der Waals surface area contributed by atoms with Crippen molar-refractivity contribution in [1.29, 1.82) is 0 Å². The van der Waals surface area contributed by atoms with Gasteiger partial charge < -0.3 is 9.84 Å². The molecule has 3 nitrogen and oxygen atoms in total. The van der Waals surface area contributed by atoms with Crippen molar-refractivity contribution in [2.45, 2.75) is 6.61 Å². The first-order valence-corrected chi connectivity index (χ1v) is 4.77. The van der Waals surface area contributed by atoms with Crippen molar-refractivity contribution in [2.24, 2.45) is 0 Å². The Hall–Kier alpha value is -1.94. The number of nitrogens with zero attached hydrogens (tertiary/aromatic N) is 1. The maximum atomic E-state index is 12.9. The van der Waals surface area contributed by atoms with Crippen molar-refractivity contribution in [3.8, 4) is 11.6 Å². The Balaban J connectivity index is 2.14. The second kappa shape index (κ2) is 4.72. The molecule has 0 unspecified atom stereocenters. The first-order chi connectivity index (χ1) is 7.78. The van der Waals surface area contributed by atoms with Crippen LogP contribution in [0.15, 0.2) is 42.6 Å². The van der Waals surface area contributed by atoms with Crippen molar-refractivity contribution in [3.63, 3.8) is 0 Å². The average Bonchev–Trinajstić information content (AvgIpc) is 2.30. The lowest BCUT2D eigenvalue weighted by molar-refractivity contribution is 0.281. The summed E-state index contributed by atoms with van der Waals surface area (Å²) < 4.78 is 18.2. The van der Waals surface area contributed by atoms with E-state index >= 15 is 0 Å². The summed E-state index contributed by atoms with van der Waals surface area (Å²) in [4.78, 5) is 3.97. The summed E-state index contributed by atoms with van der Waals surface area (Å²) in [7, 11) is 0. The van der Waals surface area contributed by atoms with Gasteiger partial charge in [-0.15, -0.1) is 0 Å². The molecule has 4 heteroatoms. The van der Waals surface area contributed by atoms with E-state index < -0.39 is 0 Å². The minimum Gasteiger partial charge on any atom is -0.439 e. The predicted molar refractivity (Wildman–Crippen MR) is 56.6 cm³/mol. The molecule has 82 valence electrons. The zero-order chi connectivity index (χ0) is 11.4. The fraction of sp³-hybridized carbons (Fsp3) is 0.0833. The molecule has 16 heavy (non-hydrogen) atoms. The number of rotatable bonds is 3. The molecule has 0 aliphatic carbocycles. The van der Waals surface area contributed by atoms with Gasteiger partial charge in [0.1, 0.15) is 11.6 Å². The predicted octanol–water partition coefficient (Wildman–Crippen LogP) is 2.51. The van der Waals surface area contributed by atoms with E-state index in [0.29, 0.717) is 17.2 Å². The van der Waals surface area contributed by atoms with Gasteiger partial charge in [-0.25, -0.2) is 9.37 Å². The Kier molecular flexibility index (Phi) is 3.12. The quantitative estimate of drug-likeness (QED) is 0.862. The molecule has 0 fully saturated rings. The Bertz CT molecular complexity index is 471. The molecule has 1 N–H and O–H groups in total. The Morgan fingerprint density at radius 1 is 1.25 bits per heavy atom. The van der Waals surface area contributed by atoms with Crippen molar-refractivity contribution in [2.75, 3.05) is 0 Å². The van der Waals surface area contributed by atoms with Crippen molar-refractivity contribution in [1.82, 2.24) is 4.98 Å². The fourth-order valence-corrected chi connectivity index (χ4v) is 1.22. The Morgan fingerprint density at radius 3 is 2.75 bits per heavy atom. The molecule has 0 aliphatic heterocycles. The lowest BCUT2D eigenvalue weighted by Gasteiger charge is -2.04. The topological polar surface area (TPSA) is 42.4 Å². The largest absolute Gasteiger partial charge is 0.439 e. The third-order valence-corrected chi connectivity index (χ3v) is 2.00. The van der Waals surface area contributed by atoms with Crippen LogP contribution in [0, 0.1) is 5.82 Å². The van der Waals surface area contributed by atoms with Gasteiger partial charge in [0.2, 0.25) is 5.88 Å². The van der Waals surface area contributed by atoms with E-state index in [0.717, 1.165) is 0 Å². The molecular formula is C12H10FNO2. The number of hydrogen-bond donors (Lipinski definition) is 1.